The highest BCUT2D eigenvalue weighted by Crippen LogP contribution is 2.10. The van der Waals surface area contributed by atoms with Gasteiger partial charge < -0.3 is 9.84 Å². The van der Waals surface area contributed by atoms with Gasteiger partial charge in [0, 0.05) is 17.6 Å². The van der Waals surface area contributed by atoms with E-state index in [1.54, 1.807) is 13.0 Å². The lowest BCUT2D eigenvalue weighted by atomic mass is 10.1. The maximum absolute atomic E-state index is 11.2. The predicted molar refractivity (Wildman–Crippen MR) is 72.4 cm³/mol. The topological polar surface area (TPSA) is 63.6 Å². The van der Waals surface area contributed by atoms with Gasteiger partial charge in [-0.2, -0.15) is 0 Å². The highest BCUT2D eigenvalue weighted by atomic mass is 16.5. The molecule has 1 rings (SSSR count). The number of carboxylic acids is 1. The largest absolute Gasteiger partial charge is 0.478 e. The van der Waals surface area contributed by atoms with Crippen LogP contribution in [0.15, 0.2) is 48.1 Å². The summed E-state index contributed by atoms with van der Waals surface area (Å²) in [4.78, 5) is 22.3. The number of hydrogen-bond donors (Lipinski definition) is 1. The van der Waals surface area contributed by atoms with E-state index in [0.717, 1.165) is 5.56 Å². The van der Waals surface area contributed by atoms with Gasteiger partial charge in [-0.3, -0.25) is 0 Å². The molecule has 1 aromatic carbocycles. The summed E-state index contributed by atoms with van der Waals surface area (Å²) in [6.45, 7) is 5.02. The van der Waals surface area contributed by atoms with Gasteiger partial charge >= 0.3 is 11.9 Å². The van der Waals surface area contributed by atoms with E-state index in [9.17, 15) is 9.59 Å². The molecule has 0 bridgehead atoms. The predicted octanol–water partition coefficient (Wildman–Crippen LogP) is 2.66. The Hall–Kier alpha value is -2.36. The molecule has 1 N–H and O–H groups in total. The fourth-order valence-electron chi connectivity index (χ4n) is 1.37. The number of carbonyl (C=O) groups is 2. The van der Waals surface area contributed by atoms with Crippen LogP contribution in [0.4, 0.5) is 0 Å². The molecule has 1 aromatic rings. The smallest absolute Gasteiger partial charge is 0.333 e. The van der Waals surface area contributed by atoms with Gasteiger partial charge in [0.05, 0.1) is 6.61 Å². The number of aliphatic carboxylic acids is 1. The van der Waals surface area contributed by atoms with Crippen LogP contribution in [0.25, 0.3) is 6.08 Å². The van der Waals surface area contributed by atoms with E-state index >= 15 is 0 Å². The molecule has 0 aliphatic heterocycles. The monoisotopic (exact) mass is 260 g/mol. The summed E-state index contributed by atoms with van der Waals surface area (Å²) in [6.07, 6.45) is 1.72. The van der Waals surface area contributed by atoms with Gasteiger partial charge in [-0.15, -0.1) is 0 Å². The summed E-state index contributed by atoms with van der Waals surface area (Å²) in [7, 11) is 0. The van der Waals surface area contributed by atoms with Gasteiger partial charge in [-0.1, -0.05) is 36.9 Å². The minimum Gasteiger partial charge on any atom is -0.478 e. The molecule has 0 fully saturated rings. The van der Waals surface area contributed by atoms with Crippen LogP contribution in [0.5, 0.6) is 0 Å². The third-order valence-corrected chi connectivity index (χ3v) is 2.37. The van der Waals surface area contributed by atoms with Crippen LogP contribution in [0.1, 0.15) is 18.9 Å². The first-order valence-corrected chi connectivity index (χ1v) is 5.82. The van der Waals surface area contributed by atoms with Gasteiger partial charge in [-0.05, 0) is 18.6 Å². The van der Waals surface area contributed by atoms with Crippen molar-refractivity contribution in [2.24, 2.45) is 0 Å². The molecule has 4 nitrogen and oxygen atoms in total. The van der Waals surface area contributed by atoms with Crippen LogP contribution in [0.3, 0.4) is 0 Å². The van der Waals surface area contributed by atoms with Gasteiger partial charge in [0.15, 0.2) is 0 Å². The van der Waals surface area contributed by atoms with Gasteiger partial charge in [-0.25, -0.2) is 9.59 Å². The average molecular weight is 260 g/mol. The number of ether oxygens (including phenoxy) is 1. The van der Waals surface area contributed by atoms with Gasteiger partial charge in [0.25, 0.3) is 0 Å². The number of carbonyl (C=O) groups excluding carboxylic acids is 1. The van der Waals surface area contributed by atoms with E-state index in [1.165, 1.54) is 0 Å². The van der Waals surface area contributed by atoms with Crippen molar-refractivity contribution in [2.75, 3.05) is 6.61 Å². The average Bonchev–Trinajstić information content (AvgIpc) is 2.38. The Labute approximate surface area is 112 Å². The Morgan fingerprint density at radius 3 is 2.47 bits per heavy atom. The van der Waals surface area contributed by atoms with Crippen LogP contribution < -0.4 is 0 Å². The summed E-state index contributed by atoms with van der Waals surface area (Å²) in [5.74, 6) is -1.53. The Morgan fingerprint density at radius 1 is 1.32 bits per heavy atom. The number of esters is 1. The van der Waals surface area contributed by atoms with Crippen LogP contribution in [0.2, 0.25) is 0 Å². The Bertz CT molecular complexity index is 500. The van der Waals surface area contributed by atoms with Crippen molar-refractivity contribution in [1.82, 2.24) is 0 Å². The molecule has 0 saturated carbocycles. The van der Waals surface area contributed by atoms with Crippen molar-refractivity contribution in [3.63, 3.8) is 0 Å². The second kappa shape index (κ2) is 7.16. The lowest BCUT2D eigenvalue weighted by molar-refractivity contribution is -0.139. The first-order chi connectivity index (χ1) is 9.00. The Balaban J connectivity index is 2.65. The normalized spacial score (nSPS) is 10.9. The standard InChI is InChI=1S/C15H16O4/c1-11(2)15(18)19-9-8-13(14(16)17)10-12-6-4-3-5-7-12/h3-7,10H,1,8-9H2,2H3,(H,16,17)/b13-10+. The minimum absolute atomic E-state index is 0.0245. The van der Waals surface area contributed by atoms with E-state index in [0.29, 0.717) is 5.57 Å². The molecular formula is C15H16O4. The van der Waals surface area contributed by atoms with Crippen LogP contribution >= 0.6 is 0 Å². The molecule has 0 radical (unpaired) electrons. The van der Waals surface area contributed by atoms with Crippen LogP contribution in [-0.2, 0) is 14.3 Å². The second-order valence-corrected chi connectivity index (χ2v) is 4.05. The van der Waals surface area contributed by atoms with Crippen LogP contribution in [0, 0.1) is 0 Å². The third-order valence-electron chi connectivity index (χ3n) is 2.37. The highest BCUT2D eigenvalue weighted by Gasteiger charge is 2.09. The van der Waals surface area contributed by atoms with Crippen molar-refractivity contribution >= 4 is 18.0 Å². The molecule has 4 heteroatoms. The van der Waals surface area contributed by atoms with Crippen molar-refractivity contribution in [1.29, 1.82) is 0 Å². The van der Waals surface area contributed by atoms with Gasteiger partial charge in [0.2, 0.25) is 0 Å². The van der Waals surface area contributed by atoms with Gasteiger partial charge in [0.1, 0.15) is 0 Å². The number of rotatable bonds is 6. The summed E-state index contributed by atoms with van der Waals surface area (Å²) in [5, 5.41) is 9.08. The fraction of sp³-hybridized carbons (Fsp3) is 0.200. The Kier molecular flexibility index (Phi) is 5.54. The lowest BCUT2D eigenvalue weighted by Gasteiger charge is -2.05. The number of hydrogen-bond acceptors (Lipinski definition) is 3. The number of benzene rings is 1. The zero-order chi connectivity index (χ0) is 14.3. The van der Waals surface area contributed by atoms with E-state index < -0.39 is 11.9 Å². The molecule has 0 aromatic heterocycles. The quantitative estimate of drug-likeness (QED) is 0.631. The molecule has 0 spiro atoms. The molecule has 0 saturated heterocycles. The Morgan fingerprint density at radius 2 is 1.95 bits per heavy atom. The molecule has 0 amide bonds. The van der Waals surface area contributed by atoms with Crippen LogP contribution in [-0.4, -0.2) is 23.7 Å². The van der Waals surface area contributed by atoms with E-state index in [-0.39, 0.29) is 18.6 Å². The van der Waals surface area contributed by atoms with E-state index in [4.69, 9.17) is 9.84 Å². The van der Waals surface area contributed by atoms with Crippen molar-refractivity contribution < 1.29 is 19.4 Å². The van der Waals surface area contributed by atoms with E-state index in [1.807, 2.05) is 30.3 Å². The molecule has 0 aliphatic carbocycles. The zero-order valence-electron chi connectivity index (χ0n) is 10.8. The SMILES string of the molecule is C=C(C)C(=O)OCC/C(=C\c1ccccc1)C(=O)O. The first-order valence-electron chi connectivity index (χ1n) is 5.82. The lowest BCUT2D eigenvalue weighted by Crippen LogP contribution is -2.09. The molecule has 0 unspecified atom stereocenters. The fourth-order valence-corrected chi connectivity index (χ4v) is 1.37. The molecule has 0 atom stereocenters. The first kappa shape index (κ1) is 14.7. The molecular weight excluding hydrogens is 244 g/mol. The van der Waals surface area contributed by atoms with Crippen molar-refractivity contribution in [3.05, 3.63) is 53.6 Å². The maximum atomic E-state index is 11.2. The summed E-state index contributed by atoms with van der Waals surface area (Å²) in [5.41, 5.74) is 1.29. The van der Waals surface area contributed by atoms with Crippen molar-refractivity contribution in [3.8, 4) is 0 Å². The molecule has 0 aliphatic rings. The zero-order valence-corrected chi connectivity index (χ0v) is 10.8. The summed E-state index contributed by atoms with van der Waals surface area (Å²) < 4.78 is 4.88. The highest BCUT2D eigenvalue weighted by molar-refractivity contribution is 5.92. The minimum atomic E-state index is -1.02. The van der Waals surface area contributed by atoms with Crippen molar-refractivity contribution in [2.45, 2.75) is 13.3 Å². The molecule has 0 heterocycles. The third kappa shape index (κ3) is 5.21. The molecule has 19 heavy (non-hydrogen) atoms. The summed E-state index contributed by atoms with van der Waals surface area (Å²) in [6, 6.07) is 9.12. The van der Waals surface area contributed by atoms with E-state index in [2.05, 4.69) is 6.58 Å². The maximum Gasteiger partial charge on any atom is 0.333 e. The second-order valence-electron chi connectivity index (χ2n) is 4.05. The number of carboxylic acid groups (broad SMARTS) is 1. The summed E-state index contributed by atoms with van der Waals surface area (Å²) >= 11 is 0. The molecule has 100 valence electrons.